The van der Waals surface area contributed by atoms with Crippen LogP contribution >= 0.6 is 0 Å². The van der Waals surface area contributed by atoms with Crippen molar-refractivity contribution in [3.8, 4) is 0 Å². The number of fused-ring (bicyclic) bond motifs is 1. The number of nitrogens with zero attached hydrogens (tertiary/aromatic N) is 1. The summed E-state index contributed by atoms with van der Waals surface area (Å²) in [5.74, 6) is 0. The molecule has 2 heterocycles. The lowest BCUT2D eigenvalue weighted by Gasteiger charge is -2.07. The first kappa shape index (κ1) is 6.98. The molecule has 59 valence electrons. The van der Waals surface area contributed by atoms with Crippen LogP contribution in [0.5, 0.6) is 0 Å². The maximum Gasteiger partial charge on any atom is 0.149 e. The van der Waals surface area contributed by atoms with E-state index < -0.39 is 5.54 Å². The highest BCUT2D eigenvalue weighted by Gasteiger charge is 2.63. The van der Waals surface area contributed by atoms with Crippen LogP contribution in [0, 0.1) is 6.42 Å². The molecule has 0 aliphatic carbocycles. The molecule has 0 aromatic rings. The summed E-state index contributed by atoms with van der Waals surface area (Å²) < 4.78 is 0. The van der Waals surface area contributed by atoms with Gasteiger partial charge in [-0.15, -0.1) is 0 Å². The number of piperidine rings is 1. The summed E-state index contributed by atoms with van der Waals surface area (Å²) in [5.41, 5.74) is -0.729. The van der Waals surface area contributed by atoms with Gasteiger partial charge in [0.25, 0.3) is 0 Å². The molecule has 2 saturated heterocycles. The molecule has 0 N–H and O–H groups in total. The average Bonchev–Trinajstić information content (AvgIpc) is 2.74. The summed E-state index contributed by atoms with van der Waals surface area (Å²) in [4.78, 5) is 23.2. The van der Waals surface area contributed by atoms with E-state index in [9.17, 15) is 9.59 Å². The van der Waals surface area contributed by atoms with E-state index in [2.05, 4.69) is 6.42 Å². The van der Waals surface area contributed by atoms with Gasteiger partial charge in [-0.25, -0.2) is 0 Å². The van der Waals surface area contributed by atoms with Crippen LogP contribution in [0.1, 0.15) is 12.8 Å². The minimum Gasteiger partial charge on any atom is -0.301 e. The number of carbonyl (C=O) groups is 2. The van der Waals surface area contributed by atoms with E-state index >= 15 is 0 Å². The second-order valence-corrected chi connectivity index (χ2v) is 3.15. The molecule has 2 aliphatic rings. The van der Waals surface area contributed by atoms with Crippen LogP contribution in [0.3, 0.4) is 0 Å². The topological polar surface area (TPSA) is 37.1 Å². The van der Waals surface area contributed by atoms with Crippen molar-refractivity contribution in [2.24, 2.45) is 0 Å². The first-order valence-electron chi connectivity index (χ1n) is 3.86. The van der Waals surface area contributed by atoms with E-state index in [0.717, 1.165) is 32.0 Å². The Kier molecular flexibility index (Phi) is 1.36. The molecule has 0 bridgehead atoms. The van der Waals surface area contributed by atoms with Gasteiger partial charge in [0.15, 0.2) is 0 Å². The first-order chi connectivity index (χ1) is 5.35. The third kappa shape index (κ3) is 0.717. The molecule has 2 fully saturated rings. The monoisotopic (exact) mass is 152 g/mol. The number of rotatable bonds is 2. The Labute approximate surface area is 65.4 Å². The van der Waals surface area contributed by atoms with Gasteiger partial charge in [-0.1, -0.05) is 0 Å². The van der Waals surface area contributed by atoms with Gasteiger partial charge >= 0.3 is 0 Å². The smallest absolute Gasteiger partial charge is 0.149 e. The van der Waals surface area contributed by atoms with E-state index in [-0.39, 0.29) is 6.04 Å². The minimum absolute atomic E-state index is 0.186. The molecule has 11 heavy (non-hydrogen) atoms. The lowest BCUT2D eigenvalue weighted by Crippen LogP contribution is -2.22. The van der Waals surface area contributed by atoms with Crippen molar-refractivity contribution in [3.05, 3.63) is 6.42 Å². The van der Waals surface area contributed by atoms with E-state index in [0.29, 0.717) is 0 Å². The summed E-state index contributed by atoms with van der Waals surface area (Å²) in [6, 6.07) is 0.186. The molecule has 3 nitrogen and oxygen atoms in total. The SMILES string of the molecule is O=CC1(C=O)C2C[CH]CCN21. The lowest BCUT2D eigenvalue weighted by atomic mass is 10.0. The third-order valence-electron chi connectivity index (χ3n) is 2.68. The van der Waals surface area contributed by atoms with Gasteiger partial charge in [0.1, 0.15) is 18.1 Å². The second-order valence-electron chi connectivity index (χ2n) is 3.15. The summed E-state index contributed by atoms with van der Waals surface area (Å²) in [7, 11) is 0. The molecule has 2 unspecified atom stereocenters. The molecule has 0 saturated carbocycles. The Balaban J connectivity index is 2.17. The number of aldehydes is 2. The van der Waals surface area contributed by atoms with E-state index in [4.69, 9.17) is 0 Å². The van der Waals surface area contributed by atoms with Crippen LogP contribution in [0.4, 0.5) is 0 Å². The number of hydrogen-bond acceptors (Lipinski definition) is 3. The molecule has 0 aromatic heterocycles. The third-order valence-corrected chi connectivity index (χ3v) is 2.68. The molecule has 0 aromatic carbocycles. The van der Waals surface area contributed by atoms with Gasteiger partial charge in [-0.3, -0.25) is 4.90 Å². The van der Waals surface area contributed by atoms with Crippen molar-refractivity contribution in [1.29, 1.82) is 0 Å². The highest BCUT2D eigenvalue weighted by Crippen LogP contribution is 2.43. The number of carbonyl (C=O) groups excluding carboxylic acids is 2. The zero-order valence-corrected chi connectivity index (χ0v) is 6.19. The average molecular weight is 152 g/mol. The van der Waals surface area contributed by atoms with Crippen LogP contribution in [0.2, 0.25) is 0 Å². The van der Waals surface area contributed by atoms with Crippen molar-refractivity contribution < 1.29 is 9.59 Å². The van der Waals surface area contributed by atoms with Crippen molar-refractivity contribution in [3.63, 3.8) is 0 Å². The van der Waals surface area contributed by atoms with Gasteiger partial charge in [-0.05, 0) is 19.3 Å². The van der Waals surface area contributed by atoms with Crippen LogP contribution in [-0.4, -0.2) is 35.6 Å². The Hall–Kier alpha value is -0.700. The van der Waals surface area contributed by atoms with Crippen LogP contribution < -0.4 is 0 Å². The predicted octanol–water partition coefficient (Wildman–Crippen LogP) is -0.195. The molecular formula is C8H10NO2. The quantitative estimate of drug-likeness (QED) is 0.312. The number of hydrogen-bond donors (Lipinski definition) is 0. The molecule has 0 amide bonds. The Morgan fingerprint density at radius 3 is 2.64 bits per heavy atom. The van der Waals surface area contributed by atoms with Crippen molar-refractivity contribution in [2.75, 3.05) is 6.54 Å². The molecule has 0 spiro atoms. The molecular weight excluding hydrogens is 142 g/mol. The fourth-order valence-corrected chi connectivity index (χ4v) is 1.94. The zero-order valence-electron chi connectivity index (χ0n) is 6.19. The van der Waals surface area contributed by atoms with Crippen molar-refractivity contribution >= 4 is 12.6 Å². The van der Waals surface area contributed by atoms with E-state index in [1.54, 1.807) is 0 Å². The maximum absolute atomic E-state index is 10.6. The van der Waals surface area contributed by atoms with Crippen molar-refractivity contribution in [1.82, 2.24) is 4.90 Å². The molecule has 3 heteroatoms. The zero-order chi connectivity index (χ0) is 7.90. The van der Waals surface area contributed by atoms with E-state index in [1.165, 1.54) is 0 Å². The summed E-state index contributed by atoms with van der Waals surface area (Å²) >= 11 is 0. The second kappa shape index (κ2) is 2.14. The van der Waals surface area contributed by atoms with Crippen LogP contribution in [0.15, 0.2) is 0 Å². The first-order valence-corrected chi connectivity index (χ1v) is 3.86. The molecule has 2 rings (SSSR count). The molecule has 1 radical (unpaired) electrons. The molecule has 2 atom stereocenters. The highest BCUT2D eigenvalue weighted by atomic mass is 16.1. The van der Waals surface area contributed by atoms with Gasteiger partial charge < -0.3 is 9.59 Å². The Morgan fingerprint density at radius 2 is 2.18 bits per heavy atom. The summed E-state index contributed by atoms with van der Waals surface area (Å²) in [5, 5.41) is 0. The largest absolute Gasteiger partial charge is 0.301 e. The highest BCUT2D eigenvalue weighted by molar-refractivity contribution is 5.95. The predicted molar refractivity (Wildman–Crippen MR) is 38.9 cm³/mol. The maximum atomic E-state index is 10.6. The Morgan fingerprint density at radius 1 is 1.45 bits per heavy atom. The van der Waals surface area contributed by atoms with Gasteiger partial charge in [0.2, 0.25) is 0 Å². The van der Waals surface area contributed by atoms with E-state index in [1.807, 2.05) is 4.90 Å². The van der Waals surface area contributed by atoms with Crippen LogP contribution in [0.25, 0.3) is 0 Å². The fourth-order valence-electron chi connectivity index (χ4n) is 1.94. The summed E-state index contributed by atoms with van der Waals surface area (Å²) in [6.45, 7) is 0.863. The Bertz CT molecular complexity index is 180. The minimum atomic E-state index is -0.729. The summed E-state index contributed by atoms with van der Waals surface area (Å²) in [6.07, 6.45) is 5.60. The fraction of sp³-hybridized carbons (Fsp3) is 0.625. The standard InChI is InChI=1S/C8H10NO2/c10-5-8(6-11)7-3-1-2-4-9(7)8/h1,5-7H,2-4H2. The normalized spacial score (nSPS) is 38.9. The van der Waals surface area contributed by atoms with Gasteiger partial charge in [-0.2, -0.15) is 0 Å². The van der Waals surface area contributed by atoms with Crippen LogP contribution in [-0.2, 0) is 9.59 Å². The molecule has 2 aliphatic heterocycles. The van der Waals surface area contributed by atoms with Gasteiger partial charge in [0.05, 0.1) is 0 Å². The van der Waals surface area contributed by atoms with Crippen molar-refractivity contribution in [2.45, 2.75) is 24.4 Å². The van der Waals surface area contributed by atoms with Gasteiger partial charge in [0, 0.05) is 12.6 Å². The lowest BCUT2D eigenvalue weighted by molar-refractivity contribution is -0.118.